The molecule has 0 heterocycles. The van der Waals surface area contributed by atoms with E-state index in [9.17, 15) is 9.59 Å². The van der Waals surface area contributed by atoms with E-state index in [4.69, 9.17) is 10.2 Å². The molecule has 0 aromatic heterocycles. The quantitative estimate of drug-likeness (QED) is 0.687. The molecule has 4 nitrogen and oxygen atoms in total. The normalized spacial score (nSPS) is 7.00. The van der Waals surface area contributed by atoms with Gasteiger partial charge in [-0.2, -0.15) is 0 Å². The van der Waals surface area contributed by atoms with Crippen molar-refractivity contribution in [3.63, 3.8) is 0 Å². The number of carbonyl (C=O) groups is 2. The summed E-state index contributed by atoms with van der Waals surface area (Å²) in [5.41, 5.74) is 0. The van der Waals surface area contributed by atoms with Gasteiger partial charge in [-0.3, -0.25) is 9.59 Å². The summed E-state index contributed by atoms with van der Waals surface area (Å²) in [5, 5.41) is 15.8. The van der Waals surface area contributed by atoms with Crippen LogP contribution in [0, 0.1) is 0 Å². The van der Waals surface area contributed by atoms with Crippen LogP contribution in [0.5, 0.6) is 0 Å². The Hall–Kier alpha value is 0.732. The summed E-state index contributed by atoms with van der Waals surface area (Å²) in [5.74, 6) is -1.42. The zero-order valence-corrected chi connectivity index (χ0v) is 14.3. The van der Waals surface area contributed by atoms with Crippen molar-refractivity contribution in [2.45, 2.75) is 39.5 Å². The van der Waals surface area contributed by atoms with Crippen molar-refractivity contribution in [1.82, 2.24) is 0 Å². The van der Waals surface area contributed by atoms with Gasteiger partial charge in [0.25, 0.3) is 0 Å². The van der Waals surface area contributed by atoms with E-state index in [0.29, 0.717) is 12.8 Å². The summed E-state index contributed by atoms with van der Waals surface area (Å²) in [6.45, 7) is 3.68. The van der Waals surface area contributed by atoms with E-state index < -0.39 is 11.9 Å². The molecule has 0 aliphatic carbocycles. The first-order valence-corrected chi connectivity index (χ1v) is 3.98. The summed E-state index contributed by atoms with van der Waals surface area (Å²) < 4.78 is 0. The van der Waals surface area contributed by atoms with Gasteiger partial charge >= 0.3 is 11.9 Å². The van der Waals surface area contributed by atoms with Crippen molar-refractivity contribution >= 4 is 11.9 Å². The van der Waals surface area contributed by atoms with Crippen LogP contribution >= 0.6 is 0 Å². The van der Waals surface area contributed by atoms with Crippen molar-refractivity contribution < 1.29 is 73.6 Å². The Morgan fingerprint density at radius 2 is 1.14 bits per heavy atom. The van der Waals surface area contributed by atoms with Crippen molar-refractivity contribution in [1.29, 1.82) is 0 Å². The third kappa shape index (κ3) is 38.7. The molecule has 2 N–H and O–H groups in total. The molecular formula is C8H16O4WY. The van der Waals surface area contributed by atoms with E-state index in [1.807, 2.05) is 13.8 Å². The molecule has 0 aliphatic rings. The second-order valence-corrected chi connectivity index (χ2v) is 2.29. The molecule has 0 spiro atoms. The fraction of sp³-hybridized carbons (Fsp3) is 0.750. The van der Waals surface area contributed by atoms with Gasteiger partial charge in [-0.25, -0.2) is 0 Å². The van der Waals surface area contributed by atoms with Crippen LogP contribution in [-0.2, 0) is 63.4 Å². The van der Waals surface area contributed by atoms with Crippen molar-refractivity contribution in [3.05, 3.63) is 0 Å². The molecule has 0 fully saturated rings. The van der Waals surface area contributed by atoms with E-state index >= 15 is 0 Å². The molecule has 0 bridgehead atoms. The van der Waals surface area contributed by atoms with Crippen molar-refractivity contribution in [2.24, 2.45) is 0 Å². The van der Waals surface area contributed by atoms with E-state index in [1.54, 1.807) is 0 Å². The van der Waals surface area contributed by atoms with E-state index in [-0.39, 0.29) is 53.8 Å². The predicted molar refractivity (Wildman–Crippen MR) is 45.1 cm³/mol. The summed E-state index contributed by atoms with van der Waals surface area (Å²) in [4.78, 5) is 19.2. The largest absolute Gasteiger partial charge is 0.481 e. The number of hydrogen-bond donors (Lipinski definition) is 2. The topological polar surface area (TPSA) is 74.6 Å². The smallest absolute Gasteiger partial charge is 0.303 e. The first-order valence-electron chi connectivity index (χ1n) is 3.98. The van der Waals surface area contributed by atoms with Gasteiger partial charge in [-0.05, 0) is 12.8 Å². The van der Waals surface area contributed by atoms with Crippen molar-refractivity contribution in [3.8, 4) is 0 Å². The average molecular weight is 449 g/mol. The molecule has 0 aromatic carbocycles. The van der Waals surface area contributed by atoms with Crippen molar-refractivity contribution in [2.75, 3.05) is 0 Å². The van der Waals surface area contributed by atoms with Crippen LogP contribution < -0.4 is 0 Å². The van der Waals surface area contributed by atoms with Gasteiger partial charge in [-0.1, -0.05) is 13.8 Å². The molecule has 0 unspecified atom stereocenters. The molecule has 81 valence electrons. The molecule has 1 radical (unpaired) electrons. The number of rotatable bonds is 4. The van der Waals surface area contributed by atoms with E-state index in [1.165, 1.54) is 0 Å². The fourth-order valence-electron chi connectivity index (χ4n) is 0.428. The predicted octanol–water partition coefficient (Wildman–Crippen LogP) is 1.74. The van der Waals surface area contributed by atoms with Crippen LogP contribution in [0.4, 0.5) is 0 Å². The summed E-state index contributed by atoms with van der Waals surface area (Å²) in [7, 11) is 0. The maximum atomic E-state index is 9.60. The van der Waals surface area contributed by atoms with E-state index in [0.717, 1.165) is 12.8 Å². The number of carboxylic acids is 2. The van der Waals surface area contributed by atoms with E-state index in [2.05, 4.69) is 0 Å². The Kier molecular flexibility index (Phi) is 33.3. The molecule has 0 aliphatic heterocycles. The van der Waals surface area contributed by atoms with Gasteiger partial charge in [0, 0.05) is 66.6 Å². The molecule has 0 amide bonds. The molecule has 0 atom stereocenters. The Morgan fingerprint density at radius 3 is 1.14 bits per heavy atom. The Bertz CT molecular complexity index is 125. The Morgan fingerprint density at radius 1 is 0.929 bits per heavy atom. The van der Waals surface area contributed by atoms with Gasteiger partial charge in [0.2, 0.25) is 0 Å². The van der Waals surface area contributed by atoms with Gasteiger partial charge in [0.05, 0.1) is 0 Å². The molecule has 0 rings (SSSR count). The molecule has 14 heavy (non-hydrogen) atoms. The molecule has 6 heteroatoms. The summed E-state index contributed by atoms with van der Waals surface area (Å²) in [6.07, 6.45) is 2.05. The monoisotopic (exact) mass is 449 g/mol. The van der Waals surface area contributed by atoms with Crippen LogP contribution in [0.2, 0.25) is 0 Å². The third-order valence-electron chi connectivity index (χ3n) is 0.928. The number of hydrogen-bond acceptors (Lipinski definition) is 2. The summed E-state index contributed by atoms with van der Waals surface area (Å²) >= 11 is 0. The van der Waals surface area contributed by atoms with Gasteiger partial charge in [-0.15, -0.1) is 0 Å². The standard InChI is InChI=1S/2C4H8O2.W.Y/c2*1-2-3-4(5)6;;/h2*2-3H2,1H3,(H,5,6);;. The first-order chi connectivity index (χ1) is 5.54. The minimum Gasteiger partial charge on any atom is -0.481 e. The molecule has 0 saturated carbocycles. The second-order valence-electron chi connectivity index (χ2n) is 2.29. The van der Waals surface area contributed by atoms with Crippen LogP contribution in [0.1, 0.15) is 39.5 Å². The Labute approximate surface area is 124 Å². The zero-order valence-electron chi connectivity index (χ0n) is 8.52. The maximum Gasteiger partial charge on any atom is 0.303 e. The summed E-state index contributed by atoms with van der Waals surface area (Å²) in [6, 6.07) is 0. The average Bonchev–Trinajstić information content (AvgIpc) is 1.87. The van der Waals surface area contributed by atoms with Gasteiger partial charge in [0.15, 0.2) is 0 Å². The zero-order chi connectivity index (χ0) is 9.98. The Balaban J connectivity index is -0.0000000625. The van der Waals surface area contributed by atoms with Crippen LogP contribution in [-0.4, -0.2) is 22.2 Å². The number of carboxylic acid groups (broad SMARTS) is 2. The third-order valence-corrected chi connectivity index (χ3v) is 0.928. The molecular weight excluding hydrogens is 433 g/mol. The first kappa shape index (κ1) is 24.1. The SMILES string of the molecule is CCCC(=O)O.CCCC(=O)O.[W].[Y]. The minimum atomic E-state index is -0.711. The molecule has 0 saturated heterocycles. The van der Waals surface area contributed by atoms with Crippen LogP contribution in [0.15, 0.2) is 0 Å². The second kappa shape index (κ2) is 19.3. The molecule has 0 aromatic rings. The maximum absolute atomic E-state index is 9.60. The fourth-order valence-corrected chi connectivity index (χ4v) is 0.428. The number of aliphatic carboxylic acids is 2. The minimum absolute atomic E-state index is 0. The van der Waals surface area contributed by atoms with Crippen LogP contribution in [0.25, 0.3) is 0 Å². The van der Waals surface area contributed by atoms with Gasteiger partial charge < -0.3 is 10.2 Å². The van der Waals surface area contributed by atoms with Gasteiger partial charge in [0.1, 0.15) is 0 Å². The van der Waals surface area contributed by atoms with Crippen LogP contribution in [0.3, 0.4) is 0 Å².